The molecule has 30 heavy (non-hydrogen) atoms. The van der Waals surface area contributed by atoms with Crippen molar-refractivity contribution in [2.75, 3.05) is 51.3 Å². The number of para-hydroxylation sites is 1. The third-order valence-corrected chi connectivity index (χ3v) is 6.24. The summed E-state index contributed by atoms with van der Waals surface area (Å²) in [7, 11) is 1.67. The van der Waals surface area contributed by atoms with Gasteiger partial charge in [0.15, 0.2) is 0 Å². The summed E-state index contributed by atoms with van der Waals surface area (Å²) in [5, 5.41) is 1.24. The number of piperazine rings is 1. The van der Waals surface area contributed by atoms with Gasteiger partial charge in [-0.2, -0.15) is 0 Å². The van der Waals surface area contributed by atoms with Crippen LogP contribution in [0.3, 0.4) is 0 Å². The summed E-state index contributed by atoms with van der Waals surface area (Å²) in [6.45, 7) is 5.41. The van der Waals surface area contributed by atoms with E-state index < -0.39 is 0 Å². The number of carbonyl (C=O) groups is 1. The van der Waals surface area contributed by atoms with Gasteiger partial charge in [-0.15, -0.1) is 0 Å². The normalized spacial score (nSPS) is 17.2. The highest BCUT2D eigenvalue weighted by Gasteiger charge is 2.26. The molecule has 0 aliphatic carbocycles. The average Bonchev–Trinajstić information content (AvgIpc) is 3.17. The van der Waals surface area contributed by atoms with E-state index in [1.165, 1.54) is 22.2 Å². The zero-order valence-electron chi connectivity index (χ0n) is 17.3. The first-order valence-electron chi connectivity index (χ1n) is 10.5. The molecule has 7 heteroatoms. The molecule has 1 amide bonds. The number of rotatable bonds is 4. The molecule has 0 saturated carbocycles. The fourth-order valence-electron chi connectivity index (χ4n) is 4.51. The second-order valence-electron chi connectivity index (χ2n) is 8.01. The van der Waals surface area contributed by atoms with Crippen LogP contribution in [0.5, 0.6) is 5.75 Å². The minimum atomic E-state index is 0.221. The number of aromatic nitrogens is 2. The van der Waals surface area contributed by atoms with Crippen molar-refractivity contribution in [2.45, 2.75) is 13.0 Å². The second kappa shape index (κ2) is 7.99. The number of nitrogens with zero attached hydrogens (tertiary/aromatic N) is 4. The topological polar surface area (TPSA) is 64.7 Å². The Morgan fingerprint density at radius 3 is 2.80 bits per heavy atom. The molecule has 1 N–H and O–H groups in total. The lowest BCUT2D eigenvalue weighted by atomic mass is 10.0. The highest BCUT2D eigenvalue weighted by molar-refractivity contribution is 5.86. The van der Waals surface area contributed by atoms with Gasteiger partial charge < -0.3 is 19.5 Å². The molecule has 2 aliphatic heterocycles. The Kier molecular flexibility index (Phi) is 5.04. The number of methoxy groups -OCH3 is 1. The maximum atomic E-state index is 13.0. The van der Waals surface area contributed by atoms with Crippen LogP contribution in [-0.4, -0.2) is 72.1 Å². The molecule has 0 radical (unpaired) electrons. The SMILES string of the molecule is COc1ccnc(N2CCN(CC(=O)N3CCc4[nH]c5ccccc5c4C3)CC2)c1. The third kappa shape index (κ3) is 3.61. The first-order chi connectivity index (χ1) is 14.7. The molecule has 3 aromatic rings. The van der Waals surface area contributed by atoms with Crippen LogP contribution in [0.4, 0.5) is 5.82 Å². The summed E-state index contributed by atoms with van der Waals surface area (Å²) >= 11 is 0. The maximum Gasteiger partial charge on any atom is 0.237 e. The average molecular weight is 406 g/mol. The molecule has 4 heterocycles. The highest BCUT2D eigenvalue weighted by atomic mass is 16.5. The largest absolute Gasteiger partial charge is 0.497 e. The fraction of sp³-hybridized carbons (Fsp3) is 0.391. The number of hydrogen-bond acceptors (Lipinski definition) is 5. The molecule has 0 spiro atoms. The first kappa shape index (κ1) is 18.9. The first-order valence-corrected chi connectivity index (χ1v) is 10.5. The van der Waals surface area contributed by atoms with E-state index in [0.717, 1.165) is 50.7 Å². The van der Waals surface area contributed by atoms with E-state index in [2.05, 4.69) is 38.0 Å². The summed E-state index contributed by atoms with van der Waals surface area (Å²) in [5.74, 6) is 1.97. The molecule has 2 aromatic heterocycles. The minimum absolute atomic E-state index is 0.221. The number of amides is 1. The molecule has 7 nitrogen and oxygen atoms in total. The lowest BCUT2D eigenvalue weighted by molar-refractivity contribution is -0.133. The molecular formula is C23H27N5O2. The number of benzene rings is 1. The predicted molar refractivity (Wildman–Crippen MR) is 117 cm³/mol. The molecule has 2 aliphatic rings. The Bertz CT molecular complexity index is 1050. The van der Waals surface area contributed by atoms with Crippen LogP contribution >= 0.6 is 0 Å². The van der Waals surface area contributed by atoms with E-state index in [4.69, 9.17) is 4.74 Å². The van der Waals surface area contributed by atoms with Crippen LogP contribution in [0.15, 0.2) is 42.6 Å². The van der Waals surface area contributed by atoms with E-state index in [-0.39, 0.29) is 5.91 Å². The van der Waals surface area contributed by atoms with Gasteiger partial charge in [-0.3, -0.25) is 9.69 Å². The lowest BCUT2D eigenvalue weighted by Crippen LogP contribution is -2.50. The van der Waals surface area contributed by atoms with E-state index in [0.29, 0.717) is 13.1 Å². The van der Waals surface area contributed by atoms with Crippen molar-refractivity contribution in [3.63, 3.8) is 0 Å². The summed E-state index contributed by atoms with van der Waals surface area (Å²) < 4.78 is 5.30. The smallest absolute Gasteiger partial charge is 0.237 e. The fourth-order valence-corrected chi connectivity index (χ4v) is 4.51. The molecule has 1 saturated heterocycles. The predicted octanol–water partition coefficient (Wildman–Crippen LogP) is 2.28. The number of hydrogen-bond donors (Lipinski definition) is 1. The van der Waals surface area contributed by atoms with Gasteiger partial charge in [0.05, 0.1) is 13.7 Å². The number of carbonyl (C=O) groups excluding carboxylic acids is 1. The summed E-state index contributed by atoms with van der Waals surface area (Å²) in [5.41, 5.74) is 3.72. The van der Waals surface area contributed by atoms with Gasteiger partial charge in [0.2, 0.25) is 5.91 Å². The van der Waals surface area contributed by atoms with Crippen LogP contribution in [0.1, 0.15) is 11.3 Å². The molecule has 0 unspecified atom stereocenters. The number of ether oxygens (including phenoxy) is 1. The van der Waals surface area contributed by atoms with Gasteiger partial charge in [-0.05, 0) is 12.1 Å². The van der Waals surface area contributed by atoms with Crippen molar-refractivity contribution in [1.29, 1.82) is 0 Å². The lowest BCUT2D eigenvalue weighted by Gasteiger charge is -2.36. The standard InChI is InChI=1S/C23H27N5O2/c1-30-17-6-8-24-22(14-17)27-12-10-26(11-13-27)16-23(29)28-9-7-21-19(15-28)18-4-2-3-5-20(18)25-21/h2-6,8,14,25H,7,9-13,15-16H2,1H3. The van der Waals surface area contributed by atoms with Crippen molar-refractivity contribution in [1.82, 2.24) is 19.8 Å². The minimum Gasteiger partial charge on any atom is -0.497 e. The molecular weight excluding hydrogens is 378 g/mol. The number of H-pyrrole nitrogens is 1. The van der Waals surface area contributed by atoms with E-state index >= 15 is 0 Å². The van der Waals surface area contributed by atoms with Crippen molar-refractivity contribution in [3.8, 4) is 5.75 Å². The monoisotopic (exact) mass is 405 g/mol. The van der Waals surface area contributed by atoms with Crippen molar-refractivity contribution in [3.05, 3.63) is 53.9 Å². The van der Waals surface area contributed by atoms with E-state index in [1.807, 2.05) is 23.1 Å². The number of nitrogens with one attached hydrogen (secondary N) is 1. The van der Waals surface area contributed by atoms with Gasteiger partial charge >= 0.3 is 0 Å². The Hall–Kier alpha value is -3.06. The van der Waals surface area contributed by atoms with Gasteiger partial charge in [-0.1, -0.05) is 18.2 Å². The van der Waals surface area contributed by atoms with Crippen molar-refractivity contribution in [2.24, 2.45) is 0 Å². The molecule has 1 fully saturated rings. The van der Waals surface area contributed by atoms with Gasteiger partial charge in [0.25, 0.3) is 0 Å². The number of fused-ring (bicyclic) bond motifs is 3. The Morgan fingerprint density at radius 2 is 1.97 bits per heavy atom. The molecule has 0 atom stereocenters. The highest BCUT2D eigenvalue weighted by Crippen LogP contribution is 2.27. The van der Waals surface area contributed by atoms with Gasteiger partial charge in [0, 0.05) is 80.1 Å². The molecule has 156 valence electrons. The van der Waals surface area contributed by atoms with Gasteiger partial charge in [-0.25, -0.2) is 4.98 Å². The maximum absolute atomic E-state index is 13.0. The molecule has 1 aromatic carbocycles. The van der Waals surface area contributed by atoms with Crippen molar-refractivity contribution < 1.29 is 9.53 Å². The van der Waals surface area contributed by atoms with E-state index in [9.17, 15) is 4.79 Å². The second-order valence-corrected chi connectivity index (χ2v) is 8.01. The summed E-state index contributed by atoms with van der Waals surface area (Å²) in [6, 6.07) is 12.2. The van der Waals surface area contributed by atoms with Crippen LogP contribution < -0.4 is 9.64 Å². The van der Waals surface area contributed by atoms with Crippen LogP contribution in [0.2, 0.25) is 0 Å². The third-order valence-electron chi connectivity index (χ3n) is 6.24. The quantitative estimate of drug-likeness (QED) is 0.722. The number of aromatic amines is 1. The van der Waals surface area contributed by atoms with Crippen LogP contribution in [-0.2, 0) is 17.8 Å². The van der Waals surface area contributed by atoms with Crippen LogP contribution in [0, 0.1) is 0 Å². The number of anilines is 1. The Balaban J connectivity index is 1.19. The zero-order valence-corrected chi connectivity index (χ0v) is 17.3. The summed E-state index contributed by atoms with van der Waals surface area (Å²) in [6.07, 6.45) is 2.67. The Morgan fingerprint density at radius 1 is 1.13 bits per heavy atom. The van der Waals surface area contributed by atoms with Crippen LogP contribution in [0.25, 0.3) is 10.9 Å². The van der Waals surface area contributed by atoms with Crippen molar-refractivity contribution >= 4 is 22.6 Å². The zero-order chi connectivity index (χ0) is 20.5. The number of pyridine rings is 1. The molecule has 0 bridgehead atoms. The summed E-state index contributed by atoms with van der Waals surface area (Å²) in [4.78, 5) is 27.5. The molecule has 5 rings (SSSR count). The Labute approximate surface area is 176 Å². The van der Waals surface area contributed by atoms with E-state index in [1.54, 1.807) is 13.3 Å². The van der Waals surface area contributed by atoms with Gasteiger partial charge in [0.1, 0.15) is 11.6 Å².